The molecule has 7 nitrogen and oxygen atoms in total. The molecule has 0 N–H and O–H groups in total. The molecule has 0 radical (unpaired) electrons. The zero-order valence-corrected chi connectivity index (χ0v) is 16.7. The number of hydrogen-bond donors (Lipinski definition) is 0. The van der Waals surface area contributed by atoms with Gasteiger partial charge in [0.25, 0.3) is 0 Å². The van der Waals surface area contributed by atoms with E-state index in [1.807, 2.05) is 53.5 Å². The molecule has 1 aliphatic heterocycles. The molecule has 1 aliphatic rings. The summed E-state index contributed by atoms with van der Waals surface area (Å²) in [4.78, 5) is 2.46. The fourth-order valence-corrected chi connectivity index (χ4v) is 4.82. The summed E-state index contributed by atoms with van der Waals surface area (Å²) in [6.45, 7) is 2.93. The fraction of sp³-hybridized carbons (Fsp3) is 0.238. The third-order valence-corrected chi connectivity index (χ3v) is 6.93. The van der Waals surface area contributed by atoms with E-state index in [9.17, 15) is 8.42 Å². The van der Waals surface area contributed by atoms with Crippen molar-refractivity contribution >= 4 is 10.0 Å². The number of benzene rings is 2. The molecular weight excluding hydrogens is 386 g/mol. The number of aromatic nitrogens is 2. The highest BCUT2D eigenvalue weighted by Crippen LogP contribution is 2.19. The molecule has 1 fully saturated rings. The average Bonchev–Trinajstić information content (AvgIpc) is 3.23. The maximum Gasteiger partial charge on any atom is 0.243 e. The maximum atomic E-state index is 12.8. The summed E-state index contributed by atoms with van der Waals surface area (Å²) < 4.78 is 29.0. The van der Waals surface area contributed by atoms with Gasteiger partial charge in [0, 0.05) is 44.5 Å². The summed E-state index contributed by atoms with van der Waals surface area (Å²) >= 11 is 0. The molecule has 0 atom stereocenters. The molecule has 4 rings (SSSR count). The van der Waals surface area contributed by atoms with Crippen LogP contribution in [0.15, 0.2) is 71.9 Å². The Balaban J connectivity index is 1.37. The Morgan fingerprint density at radius 3 is 2.31 bits per heavy atom. The Morgan fingerprint density at radius 1 is 0.966 bits per heavy atom. The first-order valence-corrected chi connectivity index (χ1v) is 10.8. The number of piperazine rings is 1. The highest BCUT2D eigenvalue weighted by Gasteiger charge is 2.28. The van der Waals surface area contributed by atoms with Crippen LogP contribution in [-0.2, 0) is 16.6 Å². The lowest BCUT2D eigenvalue weighted by Crippen LogP contribution is -2.48. The summed E-state index contributed by atoms with van der Waals surface area (Å²) in [6.07, 6.45) is 3.86. The Labute approximate surface area is 170 Å². The molecule has 1 saturated heterocycles. The molecule has 2 heterocycles. The van der Waals surface area contributed by atoms with Crippen LogP contribution in [0.5, 0.6) is 0 Å². The highest BCUT2D eigenvalue weighted by atomic mass is 32.2. The molecule has 3 aromatic rings. The van der Waals surface area contributed by atoms with Crippen LogP contribution in [-0.4, -0.2) is 53.6 Å². The Kier molecular flexibility index (Phi) is 5.45. The second-order valence-corrected chi connectivity index (χ2v) is 8.88. The molecular formula is C21H21N5O2S. The summed E-state index contributed by atoms with van der Waals surface area (Å²) in [5, 5.41) is 13.3. The number of rotatable bonds is 5. The zero-order valence-electron chi connectivity index (χ0n) is 15.8. The van der Waals surface area contributed by atoms with Crippen LogP contribution in [0.2, 0.25) is 0 Å². The van der Waals surface area contributed by atoms with E-state index >= 15 is 0 Å². The third-order valence-electron chi connectivity index (χ3n) is 5.02. The molecule has 0 saturated carbocycles. The number of nitriles is 1. The van der Waals surface area contributed by atoms with Crippen molar-refractivity contribution in [3.05, 3.63) is 78.1 Å². The molecule has 8 heteroatoms. The van der Waals surface area contributed by atoms with Gasteiger partial charge in [0.05, 0.1) is 28.4 Å². The largest absolute Gasteiger partial charge is 0.296 e. The van der Waals surface area contributed by atoms with Gasteiger partial charge < -0.3 is 0 Å². The van der Waals surface area contributed by atoms with Crippen molar-refractivity contribution in [2.45, 2.75) is 11.4 Å². The normalized spacial score (nSPS) is 15.8. The fourth-order valence-electron chi connectivity index (χ4n) is 3.40. The summed E-state index contributed by atoms with van der Waals surface area (Å²) in [6, 6.07) is 18.0. The number of sulfonamides is 1. The van der Waals surface area contributed by atoms with Crippen molar-refractivity contribution < 1.29 is 8.42 Å². The second kappa shape index (κ2) is 8.17. The lowest BCUT2D eigenvalue weighted by atomic mass is 10.2. The third kappa shape index (κ3) is 4.22. The highest BCUT2D eigenvalue weighted by molar-refractivity contribution is 7.89. The van der Waals surface area contributed by atoms with Crippen LogP contribution in [0.4, 0.5) is 0 Å². The zero-order chi connectivity index (χ0) is 20.3. The lowest BCUT2D eigenvalue weighted by Gasteiger charge is -2.33. The van der Waals surface area contributed by atoms with Gasteiger partial charge in [0.1, 0.15) is 0 Å². The minimum absolute atomic E-state index is 0.231. The lowest BCUT2D eigenvalue weighted by molar-refractivity contribution is 0.181. The van der Waals surface area contributed by atoms with Crippen LogP contribution >= 0.6 is 0 Å². The molecule has 29 heavy (non-hydrogen) atoms. The van der Waals surface area contributed by atoms with Gasteiger partial charge in [-0.15, -0.1) is 0 Å². The van der Waals surface area contributed by atoms with E-state index < -0.39 is 10.0 Å². The van der Waals surface area contributed by atoms with E-state index in [4.69, 9.17) is 5.26 Å². The van der Waals surface area contributed by atoms with Crippen LogP contribution in [0, 0.1) is 11.3 Å². The van der Waals surface area contributed by atoms with Crippen LogP contribution < -0.4 is 0 Å². The van der Waals surface area contributed by atoms with E-state index in [1.165, 1.54) is 28.6 Å². The second-order valence-electron chi connectivity index (χ2n) is 6.95. The summed E-state index contributed by atoms with van der Waals surface area (Å²) in [5.74, 6) is 0. The molecule has 1 aromatic heterocycles. The molecule has 0 bridgehead atoms. The van der Waals surface area contributed by atoms with Crippen molar-refractivity contribution in [3.63, 3.8) is 0 Å². The smallest absolute Gasteiger partial charge is 0.243 e. The van der Waals surface area contributed by atoms with Gasteiger partial charge in [0.2, 0.25) is 10.0 Å². The van der Waals surface area contributed by atoms with E-state index in [2.05, 4.69) is 10.00 Å². The molecule has 0 amide bonds. The standard InChI is InChI=1S/C21H21N5O2S/c22-14-18-6-8-21(9-7-18)29(27,28)25-12-10-24(11-13-25)16-19-15-23-26(17-19)20-4-2-1-3-5-20/h1-9,15,17H,10-13,16H2. The van der Waals surface area contributed by atoms with Gasteiger partial charge in [-0.25, -0.2) is 13.1 Å². The van der Waals surface area contributed by atoms with Crippen molar-refractivity contribution in [2.24, 2.45) is 0 Å². The predicted octanol–water partition coefficient (Wildman–Crippen LogP) is 2.25. The Morgan fingerprint density at radius 2 is 1.66 bits per heavy atom. The average molecular weight is 407 g/mol. The van der Waals surface area contributed by atoms with Gasteiger partial charge in [-0.1, -0.05) is 18.2 Å². The minimum Gasteiger partial charge on any atom is -0.296 e. The van der Waals surface area contributed by atoms with E-state index in [0.29, 0.717) is 31.7 Å². The number of para-hydroxylation sites is 1. The quantitative estimate of drug-likeness (QED) is 0.648. The summed E-state index contributed by atoms with van der Waals surface area (Å²) in [5.41, 5.74) is 2.55. The van der Waals surface area contributed by atoms with Crippen LogP contribution in [0.25, 0.3) is 5.69 Å². The van der Waals surface area contributed by atoms with Gasteiger partial charge in [-0.3, -0.25) is 4.90 Å². The van der Waals surface area contributed by atoms with E-state index in [-0.39, 0.29) is 4.90 Å². The van der Waals surface area contributed by atoms with Gasteiger partial charge in [-0.2, -0.15) is 14.7 Å². The van der Waals surface area contributed by atoms with E-state index in [0.717, 1.165) is 17.8 Å². The summed E-state index contributed by atoms with van der Waals surface area (Å²) in [7, 11) is -3.53. The SMILES string of the molecule is N#Cc1ccc(S(=O)(=O)N2CCN(Cc3cnn(-c4ccccc4)c3)CC2)cc1. The first-order valence-electron chi connectivity index (χ1n) is 9.38. The minimum atomic E-state index is -3.53. The Bertz CT molecular complexity index is 1110. The topological polar surface area (TPSA) is 82.2 Å². The molecule has 0 unspecified atom stereocenters. The Hall–Kier alpha value is -2.99. The molecule has 0 aliphatic carbocycles. The van der Waals surface area contributed by atoms with Crippen molar-refractivity contribution in [1.29, 1.82) is 5.26 Å². The van der Waals surface area contributed by atoms with Crippen molar-refractivity contribution in [1.82, 2.24) is 19.0 Å². The van der Waals surface area contributed by atoms with Gasteiger partial charge in [0.15, 0.2) is 0 Å². The van der Waals surface area contributed by atoms with Crippen LogP contribution in [0.1, 0.15) is 11.1 Å². The number of hydrogen-bond acceptors (Lipinski definition) is 5. The van der Waals surface area contributed by atoms with Gasteiger partial charge >= 0.3 is 0 Å². The van der Waals surface area contributed by atoms with Crippen molar-refractivity contribution in [2.75, 3.05) is 26.2 Å². The van der Waals surface area contributed by atoms with E-state index in [1.54, 1.807) is 0 Å². The predicted molar refractivity (Wildman–Crippen MR) is 109 cm³/mol. The molecule has 2 aromatic carbocycles. The molecule has 0 spiro atoms. The first-order chi connectivity index (χ1) is 14.1. The number of nitrogens with zero attached hydrogens (tertiary/aromatic N) is 5. The van der Waals surface area contributed by atoms with Crippen molar-refractivity contribution in [3.8, 4) is 11.8 Å². The maximum absolute atomic E-state index is 12.8. The van der Waals surface area contributed by atoms with Crippen LogP contribution in [0.3, 0.4) is 0 Å². The monoisotopic (exact) mass is 407 g/mol. The first kappa shape index (κ1) is 19.3. The molecule has 148 valence electrons. The van der Waals surface area contributed by atoms with Gasteiger partial charge in [-0.05, 0) is 36.4 Å².